The predicted molar refractivity (Wildman–Crippen MR) is 85.0 cm³/mol. The van der Waals surface area contributed by atoms with Gasteiger partial charge in [0.1, 0.15) is 5.69 Å². The number of benzene rings is 2. The molecule has 0 aliphatic rings. The number of hydrogen-bond acceptors (Lipinski definition) is 5. The third-order valence-corrected chi connectivity index (χ3v) is 4.31. The number of halogens is 1. The Balaban J connectivity index is 2.29. The zero-order valence-electron chi connectivity index (χ0n) is 11.6. The zero-order chi connectivity index (χ0) is 16.3. The van der Waals surface area contributed by atoms with Crippen LogP contribution in [0, 0.1) is 10.1 Å². The molecule has 0 fully saturated rings. The van der Waals surface area contributed by atoms with Gasteiger partial charge in [0, 0.05) is 23.9 Å². The lowest BCUT2D eigenvalue weighted by Crippen LogP contribution is -2.05. The second-order valence-electron chi connectivity index (χ2n) is 4.69. The van der Waals surface area contributed by atoms with Gasteiger partial charge in [0.05, 0.1) is 9.82 Å². The molecule has 2 aromatic rings. The molecule has 0 atom stereocenters. The monoisotopic (exact) mass is 340 g/mol. The molecular weight excluding hydrogens is 328 g/mol. The minimum absolute atomic E-state index is 0.0903. The third kappa shape index (κ3) is 3.96. The highest BCUT2D eigenvalue weighted by molar-refractivity contribution is 7.90. The number of hydrogen-bond donors (Lipinski definition) is 1. The quantitative estimate of drug-likeness (QED) is 0.666. The van der Waals surface area contributed by atoms with Crippen LogP contribution in [-0.2, 0) is 16.4 Å². The van der Waals surface area contributed by atoms with Crippen molar-refractivity contribution in [2.75, 3.05) is 11.6 Å². The normalized spacial score (nSPS) is 11.2. The van der Waals surface area contributed by atoms with Gasteiger partial charge in [-0.2, -0.15) is 0 Å². The van der Waals surface area contributed by atoms with E-state index in [2.05, 4.69) is 5.32 Å². The molecule has 0 heterocycles. The molecule has 0 amide bonds. The maximum Gasteiger partial charge on any atom is 0.293 e. The summed E-state index contributed by atoms with van der Waals surface area (Å²) >= 11 is 5.88. The number of rotatable bonds is 5. The fraction of sp³-hybridized carbons (Fsp3) is 0.143. The summed E-state index contributed by atoms with van der Waals surface area (Å²) in [6.07, 6.45) is 1.01. The topological polar surface area (TPSA) is 89.3 Å². The Bertz CT molecular complexity index is 821. The second kappa shape index (κ2) is 6.33. The van der Waals surface area contributed by atoms with Crippen molar-refractivity contribution in [2.45, 2.75) is 11.4 Å². The molecule has 1 N–H and O–H groups in total. The van der Waals surface area contributed by atoms with E-state index in [0.29, 0.717) is 11.6 Å². The highest BCUT2D eigenvalue weighted by Crippen LogP contribution is 2.28. The van der Waals surface area contributed by atoms with Crippen molar-refractivity contribution >= 4 is 32.8 Å². The van der Waals surface area contributed by atoms with Crippen LogP contribution in [-0.4, -0.2) is 19.6 Å². The lowest BCUT2D eigenvalue weighted by atomic mass is 10.2. The van der Waals surface area contributed by atoms with E-state index in [0.717, 1.165) is 17.9 Å². The van der Waals surface area contributed by atoms with Crippen LogP contribution in [0.15, 0.2) is 47.4 Å². The Morgan fingerprint density at radius 3 is 2.55 bits per heavy atom. The van der Waals surface area contributed by atoms with Crippen LogP contribution in [0.1, 0.15) is 5.56 Å². The Kier molecular flexibility index (Phi) is 4.68. The van der Waals surface area contributed by atoms with Crippen molar-refractivity contribution in [3.63, 3.8) is 0 Å². The van der Waals surface area contributed by atoms with Crippen molar-refractivity contribution in [3.8, 4) is 0 Å². The Morgan fingerprint density at radius 1 is 1.23 bits per heavy atom. The molecule has 2 aromatic carbocycles. The van der Waals surface area contributed by atoms with E-state index in [1.165, 1.54) is 12.1 Å². The number of anilines is 1. The summed E-state index contributed by atoms with van der Waals surface area (Å²) in [6.45, 7) is 0.333. The van der Waals surface area contributed by atoms with Crippen LogP contribution in [0.4, 0.5) is 11.4 Å². The SMILES string of the molecule is CS(=O)(=O)c1ccc(NCc2cccc(Cl)c2)c([N+](=O)[O-])c1. The van der Waals surface area contributed by atoms with E-state index in [1.807, 2.05) is 6.07 Å². The summed E-state index contributed by atoms with van der Waals surface area (Å²) in [7, 11) is -3.50. The number of nitrogens with zero attached hydrogens (tertiary/aromatic N) is 1. The molecule has 2 rings (SSSR count). The van der Waals surface area contributed by atoms with Gasteiger partial charge in [-0.25, -0.2) is 8.42 Å². The first-order valence-corrected chi connectivity index (χ1v) is 8.51. The highest BCUT2D eigenvalue weighted by atomic mass is 35.5. The summed E-state index contributed by atoms with van der Waals surface area (Å²) in [5.41, 5.74) is 0.816. The molecule has 0 unspecified atom stereocenters. The second-order valence-corrected chi connectivity index (χ2v) is 7.14. The highest BCUT2D eigenvalue weighted by Gasteiger charge is 2.18. The maximum atomic E-state index is 11.5. The molecule has 0 aliphatic heterocycles. The first-order chi connectivity index (χ1) is 10.3. The van der Waals surface area contributed by atoms with E-state index in [9.17, 15) is 18.5 Å². The fourth-order valence-corrected chi connectivity index (χ4v) is 2.74. The van der Waals surface area contributed by atoms with Gasteiger partial charge in [-0.1, -0.05) is 23.7 Å². The van der Waals surface area contributed by atoms with E-state index in [-0.39, 0.29) is 16.3 Å². The van der Waals surface area contributed by atoms with E-state index < -0.39 is 14.8 Å². The molecule has 116 valence electrons. The largest absolute Gasteiger partial charge is 0.375 e. The van der Waals surface area contributed by atoms with Crippen LogP contribution in [0.25, 0.3) is 0 Å². The molecule has 0 aromatic heterocycles. The van der Waals surface area contributed by atoms with Crippen LogP contribution in [0.5, 0.6) is 0 Å². The smallest absolute Gasteiger partial charge is 0.293 e. The molecule has 22 heavy (non-hydrogen) atoms. The molecule has 0 saturated heterocycles. The van der Waals surface area contributed by atoms with Gasteiger partial charge in [-0.15, -0.1) is 0 Å². The number of sulfone groups is 1. The van der Waals surface area contributed by atoms with Gasteiger partial charge in [0.15, 0.2) is 9.84 Å². The van der Waals surface area contributed by atoms with Crippen LogP contribution < -0.4 is 5.32 Å². The molecule has 0 saturated carbocycles. The molecule has 8 heteroatoms. The summed E-state index contributed by atoms with van der Waals surface area (Å²) in [5.74, 6) is 0. The van der Waals surface area contributed by atoms with Crippen LogP contribution in [0.3, 0.4) is 0 Å². The zero-order valence-corrected chi connectivity index (χ0v) is 13.2. The van der Waals surface area contributed by atoms with Gasteiger partial charge in [0.2, 0.25) is 0 Å². The lowest BCUT2D eigenvalue weighted by Gasteiger charge is -2.08. The van der Waals surface area contributed by atoms with Crippen molar-refractivity contribution < 1.29 is 13.3 Å². The van der Waals surface area contributed by atoms with E-state index in [4.69, 9.17) is 11.6 Å². The Labute approximate surface area is 132 Å². The number of nitro groups is 1. The molecular formula is C14H13ClN2O4S. The first kappa shape index (κ1) is 16.3. The van der Waals surface area contributed by atoms with Gasteiger partial charge in [-0.3, -0.25) is 10.1 Å². The summed E-state index contributed by atoms with van der Waals surface area (Å²) in [6, 6.07) is 10.9. The van der Waals surface area contributed by atoms with Gasteiger partial charge in [0.25, 0.3) is 5.69 Å². The fourth-order valence-electron chi connectivity index (χ4n) is 1.89. The minimum atomic E-state index is -3.50. The standard InChI is InChI=1S/C14H13ClN2O4S/c1-22(20,21)12-5-6-13(14(8-12)17(18)19)16-9-10-3-2-4-11(15)7-10/h2-8,16H,9H2,1H3. The first-order valence-electron chi connectivity index (χ1n) is 6.24. The van der Waals surface area contributed by atoms with Crippen molar-refractivity contribution in [3.05, 3.63) is 63.2 Å². The molecule has 0 spiro atoms. The van der Waals surface area contributed by atoms with Crippen molar-refractivity contribution in [2.24, 2.45) is 0 Å². The van der Waals surface area contributed by atoms with Crippen molar-refractivity contribution in [1.29, 1.82) is 0 Å². The summed E-state index contributed by atoms with van der Waals surface area (Å²) in [4.78, 5) is 10.4. The summed E-state index contributed by atoms with van der Waals surface area (Å²) < 4.78 is 23.0. The van der Waals surface area contributed by atoms with E-state index in [1.54, 1.807) is 18.2 Å². The van der Waals surface area contributed by atoms with Crippen LogP contribution in [0.2, 0.25) is 5.02 Å². The van der Waals surface area contributed by atoms with Gasteiger partial charge < -0.3 is 5.32 Å². The van der Waals surface area contributed by atoms with Gasteiger partial charge in [-0.05, 0) is 29.8 Å². The average Bonchev–Trinajstić information content (AvgIpc) is 2.44. The van der Waals surface area contributed by atoms with Gasteiger partial charge >= 0.3 is 0 Å². The molecule has 6 nitrogen and oxygen atoms in total. The summed E-state index contributed by atoms with van der Waals surface area (Å²) in [5, 5.41) is 14.6. The molecule has 0 bridgehead atoms. The Hall–Kier alpha value is -2.12. The number of nitro benzene ring substituents is 1. The minimum Gasteiger partial charge on any atom is -0.375 e. The molecule has 0 radical (unpaired) electrons. The average molecular weight is 341 g/mol. The van der Waals surface area contributed by atoms with Crippen molar-refractivity contribution in [1.82, 2.24) is 0 Å². The number of nitrogens with one attached hydrogen (secondary N) is 1. The maximum absolute atomic E-state index is 11.5. The van der Waals surface area contributed by atoms with Crippen LogP contribution >= 0.6 is 11.6 Å². The Morgan fingerprint density at radius 2 is 1.95 bits per heavy atom. The molecule has 0 aliphatic carbocycles. The predicted octanol–water partition coefficient (Wildman–Crippen LogP) is 3.26. The van der Waals surface area contributed by atoms with E-state index >= 15 is 0 Å². The lowest BCUT2D eigenvalue weighted by molar-refractivity contribution is -0.384. The third-order valence-electron chi connectivity index (χ3n) is 2.97.